The first-order valence-corrected chi connectivity index (χ1v) is 8.17. The van der Waals surface area contributed by atoms with Gasteiger partial charge in [0.25, 0.3) is 0 Å². The van der Waals surface area contributed by atoms with Crippen LogP contribution in [-0.2, 0) is 19.3 Å². The van der Waals surface area contributed by atoms with E-state index in [-0.39, 0.29) is 0 Å². The Morgan fingerprint density at radius 2 is 1.71 bits per heavy atom. The fraction of sp³-hybridized carbons (Fsp3) is 0.368. The Morgan fingerprint density at radius 1 is 1.00 bits per heavy atom. The fourth-order valence-corrected chi connectivity index (χ4v) is 3.34. The van der Waals surface area contributed by atoms with Crippen LogP contribution in [0.25, 0.3) is 0 Å². The van der Waals surface area contributed by atoms with Gasteiger partial charge >= 0.3 is 0 Å². The van der Waals surface area contributed by atoms with Crippen LogP contribution < -0.4 is 5.32 Å². The lowest BCUT2D eigenvalue weighted by atomic mass is 9.88. The third-order valence-electron chi connectivity index (χ3n) is 4.48. The number of fused-ring (bicyclic) bond motifs is 1. The van der Waals surface area contributed by atoms with Crippen molar-refractivity contribution in [2.45, 2.75) is 38.1 Å². The Kier molecular flexibility index (Phi) is 4.62. The van der Waals surface area contributed by atoms with Gasteiger partial charge in [0, 0.05) is 11.1 Å². The molecule has 1 aliphatic carbocycles. The molecule has 0 radical (unpaired) electrons. The normalized spacial score (nSPS) is 15.5. The van der Waals surface area contributed by atoms with E-state index < -0.39 is 0 Å². The van der Waals surface area contributed by atoms with E-state index in [0.717, 1.165) is 11.4 Å². The van der Waals surface area contributed by atoms with E-state index in [1.165, 1.54) is 36.8 Å². The molecule has 110 valence electrons. The Bertz CT molecular complexity index is 603. The molecular weight excluding hydrogens is 278 g/mol. The van der Waals surface area contributed by atoms with Crippen LogP contribution >= 0.6 is 11.6 Å². The number of rotatable bonds is 4. The Morgan fingerprint density at radius 3 is 2.43 bits per heavy atom. The van der Waals surface area contributed by atoms with E-state index in [2.05, 4.69) is 35.6 Å². The quantitative estimate of drug-likeness (QED) is 0.861. The first kappa shape index (κ1) is 14.6. The Balaban J connectivity index is 1.81. The molecule has 0 fully saturated rings. The number of hydrogen-bond donors (Lipinski definition) is 1. The summed E-state index contributed by atoms with van der Waals surface area (Å²) >= 11 is 5.96. The van der Waals surface area contributed by atoms with E-state index in [9.17, 15) is 0 Å². The maximum Gasteiger partial charge on any atom is 0.0406 e. The second-order valence-electron chi connectivity index (χ2n) is 5.91. The minimum atomic E-state index is 0.360. The van der Waals surface area contributed by atoms with Gasteiger partial charge < -0.3 is 5.32 Å². The summed E-state index contributed by atoms with van der Waals surface area (Å²) in [6, 6.07) is 15.6. The monoisotopic (exact) mass is 299 g/mol. The fourth-order valence-electron chi connectivity index (χ4n) is 3.21. The van der Waals surface area contributed by atoms with Gasteiger partial charge in [-0.2, -0.15) is 0 Å². The summed E-state index contributed by atoms with van der Waals surface area (Å²) in [4.78, 5) is 0. The molecule has 0 amide bonds. The van der Waals surface area contributed by atoms with E-state index >= 15 is 0 Å². The molecule has 1 unspecified atom stereocenters. The number of likely N-dealkylation sites (N-methyl/N-ethyl adjacent to an activating group) is 1. The molecule has 0 aliphatic heterocycles. The van der Waals surface area contributed by atoms with Crippen LogP contribution in [0.15, 0.2) is 42.5 Å². The standard InChI is InChI=1S/C19H22ClN/c1-21-19(12-14-6-10-18(20)11-7-14)17-9-8-15-4-2-3-5-16(15)13-17/h6-11,13,19,21H,2-5,12H2,1H3. The lowest BCUT2D eigenvalue weighted by Crippen LogP contribution is -2.19. The second kappa shape index (κ2) is 6.64. The van der Waals surface area contributed by atoms with Crippen LogP contribution in [0.1, 0.15) is 41.1 Å². The van der Waals surface area contributed by atoms with Gasteiger partial charge in [-0.05, 0) is 73.5 Å². The highest BCUT2D eigenvalue weighted by Gasteiger charge is 2.14. The van der Waals surface area contributed by atoms with Gasteiger partial charge in [-0.3, -0.25) is 0 Å². The van der Waals surface area contributed by atoms with Gasteiger partial charge in [-0.15, -0.1) is 0 Å². The topological polar surface area (TPSA) is 12.0 Å². The molecule has 2 aromatic carbocycles. The lowest BCUT2D eigenvalue weighted by molar-refractivity contribution is 0.588. The van der Waals surface area contributed by atoms with Crippen LogP contribution in [0, 0.1) is 0 Å². The summed E-state index contributed by atoms with van der Waals surface area (Å²) in [5, 5.41) is 4.25. The maximum absolute atomic E-state index is 5.96. The van der Waals surface area contributed by atoms with Crippen molar-refractivity contribution in [2.24, 2.45) is 0 Å². The van der Waals surface area contributed by atoms with Crippen LogP contribution in [0.4, 0.5) is 0 Å². The van der Waals surface area contributed by atoms with Crippen LogP contribution in [-0.4, -0.2) is 7.05 Å². The van der Waals surface area contributed by atoms with Crippen molar-refractivity contribution >= 4 is 11.6 Å². The van der Waals surface area contributed by atoms with E-state index in [4.69, 9.17) is 11.6 Å². The maximum atomic E-state index is 5.96. The molecule has 0 aromatic heterocycles. The number of nitrogens with one attached hydrogen (secondary N) is 1. The molecule has 0 bridgehead atoms. The predicted octanol–water partition coefficient (Wildman–Crippen LogP) is 4.72. The number of hydrogen-bond acceptors (Lipinski definition) is 1. The largest absolute Gasteiger partial charge is 0.313 e. The lowest BCUT2D eigenvalue weighted by Gasteiger charge is -2.21. The van der Waals surface area contributed by atoms with Crippen LogP contribution in [0.3, 0.4) is 0 Å². The van der Waals surface area contributed by atoms with Crippen molar-refractivity contribution in [3.05, 3.63) is 69.7 Å². The Labute approximate surface area is 132 Å². The van der Waals surface area contributed by atoms with Gasteiger partial charge in [0.1, 0.15) is 0 Å². The second-order valence-corrected chi connectivity index (χ2v) is 6.34. The summed E-state index contributed by atoms with van der Waals surface area (Å²) in [5.74, 6) is 0. The first-order valence-electron chi connectivity index (χ1n) is 7.79. The molecule has 2 aromatic rings. The van der Waals surface area contributed by atoms with E-state index in [1.807, 2.05) is 19.2 Å². The SMILES string of the molecule is CNC(Cc1ccc(Cl)cc1)c1ccc2c(c1)CCCC2. The zero-order valence-corrected chi connectivity index (χ0v) is 13.3. The van der Waals surface area contributed by atoms with Crippen molar-refractivity contribution < 1.29 is 0 Å². The van der Waals surface area contributed by atoms with Crippen molar-refractivity contribution in [2.75, 3.05) is 7.05 Å². The third kappa shape index (κ3) is 3.48. The van der Waals surface area contributed by atoms with Gasteiger partial charge in [0.05, 0.1) is 0 Å². The molecular formula is C19H22ClN. The molecule has 21 heavy (non-hydrogen) atoms. The highest BCUT2D eigenvalue weighted by molar-refractivity contribution is 6.30. The Hall–Kier alpha value is -1.31. The molecule has 1 nitrogen and oxygen atoms in total. The molecule has 0 heterocycles. The zero-order chi connectivity index (χ0) is 14.7. The predicted molar refractivity (Wildman–Crippen MR) is 90.0 cm³/mol. The van der Waals surface area contributed by atoms with Gasteiger partial charge in [0.15, 0.2) is 0 Å². The molecule has 1 N–H and O–H groups in total. The molecule has 0 saturated carbocycles. The minimum absolute atomic E-state index is 0.360. The number of aryl methyl sites for hydroxylation is 2. The summed E-state index contributed by atoms with van der Waals surface area (Å²) in [5.41, 5.74) is 5.81. The van der Waals surface area contributed by atoms with Crippen molar-refractivity contribution in [3.63, 3.8) is 0 Å². The van der Waals surface area contributed by atoms with Crippen molar-refractivity contribution in [1.29, 1.82) is 0 Å². The molecule has 0 saturated heterocycles. The third-order valence-corrected chi connectivity index (χ3v) is 4.73. The molecule has 0 spiro atoms. The van der Waals surface area contributed by atoms with Crippen molar-refractivity contribution in [3.8, 4) is 0 Å². The first-order chi connectivity index (χ1) is 10.3. The molecule has 2 heteroatoms. The van der Waals surface area contributed by atoms with Crippen LogP contribution in [0.2, 0.25) is 5.02 Å². The van der Waals surface area contributed by atoms with Crippen molar-refractivity contribution in [1.82, 2.24) is 5.32 Å². The highest BCUT2D eigenvalue weighted by Crippen LogP contribution is 2.26. The number of benzene rings is 2. The summed E-state index contributed by atoms with van der Waals surface area (Å²) in [7, 11) is 2.04. The molecule has 1 aliphatic rings. The van der Waals surface area contributed by atoms with Gasteiger partial charge in [-0.1, -0.05) is 41.9 Å². The summed E-state index contributed by atoms with van der Waals surface area (Å²) in [6.45, 7) is 0. The van der Waals surface area contributed by atoms with Crippen LogP contribution in [0.5, 0.6) is 0 Å². The van der Waals surface area contributed by atoms with Gasteiger partial charge in [-0.25, -0.2) is 0 Å². The minimum Gasteiger partial charge on any atom is -0.313 e. The average molecular weight is 300 g/mol. The zero-order valence-electron chi connectivity index (χ0n) is 12.5. The summed E-state index contributed by atoms with van der Waals surface area (Å²) < 4.78 is 0. The summed E-state index contributed by atoms with van der Waals surface area (Å²) in [6.07, 6.45) is 6.15. The van der Waals surface area contributed by atoms with E-state index in [1.54, 1.807) is 11.1 Å². The molecule has 1 atom stereocenters. The highest BCUT2D eigenvalue weighted by atomic mass is 35.5. The average Bonchev–Trinajstić information content (AvgIpc) is 2.54. The molecule has 3 rings (SSSR count). The van der Waals surface area contributed by atoms with E-state index in [0.29, 0.717) is 6.04 Å². The smallest absolute Gasteiger partial charge is 0.0406 e. The van der Waals surface area contributed by atoms with Gasteiger partial charge in [0.2, 0.25) is 0 Å². The number of halogens is 1.